The molecule has 5 nitrogen and oxygen atoms in total. The van der Waals surface area contributed by atoms with Crippen molar-refractivity contribution in [3.8, 4) is 0 Å². The van der Waals surface area contributed by atoms with Crippen molar-refractivity contribution in [2.75, 3.05) is 32.8 Å². The molecular weight excluding hydrogens is 423 g/mol. The van der Waals surface area contributed by atoms with Gasteiger partial charge in [0.2, 0.25) is 5.78 Å². The molecule has 0 aromatic heterocycles. The average molecular weight is 447 g/mol. The molecule has 4 rings (SSSR count). The molecule has 30 heavy (non-hydrogen) atoms. The van der Waals surface area contributed by atoms with Gasteiger partial charge in [0.05, 0.1) is 12.0 Å². The zero-order chi connectivity index (χ0) is 21.1. The predicted octanol–water partition coefficient (Wildman–Crippen LogP) is 3.88. The van der Waals surface area contributed by atoms with Gasteiger partial charge in [-0.15, -0.1) is 0 Å². The summed E-state index contributed by atoms with van der Waals surface area (Å²) < 4.78 is 6.29. The summed E-state index contributed by atoms with van der Waals surface area (Å²) in [6.45, 7) is 3.37. The van der Waals surface area contributed by atoms with E-state index in [2.05, 4.69) is 10.2 Å². The van der Waals surface area contributed by atoms with E-state index in [-0.39, 0.29) is 11.9 Å². The van der Waals surface area contributed by atoms with Gasteiger partial charge < -0.3 is 15.0 Å². The van der Waals surface area contributed by atoms with Crippen LogP contribution in [0.2, 0.25) is 10.0 Å². The minimum Gasteiger partial charge on any atom is -0.367 e. The summed E-state index contributed by atoms with van der Waals surface area (Å²) in [6.07, 6.45) is 1.21. The molecule has 2 fully saturated rings. The number of likely N-dealkylation sites (tertiary alicyclic amines) is 1. The second-order valence-corrected chi connectivity index (χ2v) is 8.86. The molecule has 2 saturated heterocycles. The highest BCUT2D eigenvalue weighted by atomic mass is 35.5. The molecule has 0 aliphatic carbocycles. The van der Waals surface area contributed by atoms with Crippen LogP contribution in [0, 0.1) is 5.41 Å². The smallest absolute Gasteiger partial charge is 0.288 e. The van der Waals surface area contributed by atoms with Crippen LogP contribution in [-0.2, 0) is 14.3 Å². The van der Waals surface area contributed by atoms with Crippen LogP contribution < -0.4 is 5.32 Å². The largest absolute Gasteiger partial charge is 0.367 e. The highest BCUT2D eigenvalue weighted by molar-refractivity contribution is 6.40. The molecule has 2 heterocycles. The number of carbonyl (C=O) groups is 2. The Bertz CT molecular complexity index is 862. The minimum atomic E-state index is -0.496. The molecule has 7 heteroatoms. The number of hydrogen-bond donors (Lipinski definition) is 1. The molecule has 1 amide bonds. The van der Waals surface area contributed by atoms with E-state index >= 15 is 0 Å². The maximum atomic E-state index is 12.2. The second kappa shape index (κ2) is 9.06. The van der Waals surface area contributed by atoms with E-state index in [1.807, 2.05) is 48.5 Å². The number of ketones is 1. The fourth-order valence-electron chi connectivity index (χ4n) is 4.22. The van der Waals surface area contributed by atoms with Gasteiger partial charge in [0.25, 0.3) is 5.91 Å². The van der Waals surface area contributed by atoms with Crippen molar-refractivity contribution in [2.45, 2.75) is 18.9 Å². The van der Waals surface area contributed by atoms with E-state index in [9.17, 15) is 9.59 Å². The van der Waals surface area contributed by atoms with Gasteiger partial charge in [-0.1, -0.05) is 47.5 Å². The van der Waals surface area contributed by atoms with Crippen LogP contribution in [0.25, 0.3) is 0 Å². The van der Waals surface area contributed by atoms with Crippen LogP contribution in [0.4, 0.5) is 0 Å². The molecule has 0 unspecified atom stereocenters. The van der Waals surface area contributed by atoms with E-state index in [4.69, 9.17) is 27.9 Å². The fraction of sp³-hybridized carbons (Fsp3) is 0.391. The summed E-state index contributed by atoms with van der Waals surface area (Å²) in [4.78, 5) is 26.1. The second-order valence-electron chi connectivity index (χ2n) is 7.99. The number of halogens is 2. The van der Waals surface area contributed by atoms with Crippen LogP contribution in [0.5, 0.6) is 0 Å². The van der Waals surface area contributed by atoms with Gasteiger partial charge in [-0.05, 0) is 61.3 Å². The molecule has 2 aromatic carbocycles. The molecule has 0 radical (unpaired) electrons. The molecular formula is C23H24Cl2N2O3. The molecule has 158 valence electrons. The van der Waals surface area contributed by atoms with Gasteiger partial charge in [-0.3, -0.25) is 9.59 Å². The fourth-order valence-corrected chi connectivity index (χ4v) is 4.47. The number of ether oxygens (including phenoxy) is 1. The Morgan fingerprint density at radius 3 is 1.93 bits per heavy atom. The quantitative estimate of drug-likeness (QED) is 0.683. The Hall–Kier alpha value is -1.92. The number of nitrogens with zero attached hydrogens (tertiary/aromatic N) is 1. The van der Waals surface area contributed by atoms with Crippen LogP contribution in [0.1, 0.15) is 30.1 Å². The van der Waals surface area contributed by atoms with E-state index in [1.54, 1.807) is 0 Å². The van der Waals surface area contributed by atoms with Crippen molar-refractivity contribution in [1.82, 2.24) is 10.2 Å². The molecule has 2 aliphatic rings. The van der Waals surface area contributed by atoms with Gasteiger partial charge in [-0.2, -0.15) is 0 Å². The summed E-state index contributed by atoms with van der Waals surface area (Å²) >= 11 is 12.1. The van der Waals surface area contributed by atoms with Crippen LogP contribution in [-0.4, -0.2) is 49.4 Å². The third kappa shape index (κ3) is 4.54. The SMILES string of the molecule is O=C1NCC2(CCN(CCOC(c3ccc(Cl)cc3)c3ccc(Cl)cc3)CC2)C1=O. The van der Waals surface area contributed by atoms with E-state index in [0.29, 0.717) is 36.0 Å². The summed E-state index contributed by atoms with van der Waals surface area (Å²) in [5.74, 6) is -0.676. The number of piperidine rings is 1. The van der Waals surface area contributed by atoms with E-state index in [1.165, 1.54) is 0 Å². The molecule has 2 aliphatic heterocycles. The van der Waals surface area contributed by atoms with Gasteiger partial charge in [0, 0.05) is 23.1 Å². The first kappa shape index (κ1) is 21.3. The normalized spacial score (nSPS) is 18.9. The number of Topliss-reactive ketones (excluding diaryl/α,β-unsaturated/α-hetero) is 1. The first-order chi connectivity index (χ1) is 14.5. The molecule has 1 spiro atoms. The topological polar surface area (TPSA) is 58.6 Å². The molecule has 0 bridgehead atoms. The zero-order valence-electron chi connectivity index (χ0n) is 16.6. The average Bonchev–Trinajstić information content (AvgIpc) is 3.03. The Morgan fingerprint density at radius 1 is 0.933 bits per heavy atom. The van der Waals surface area contributed by atoms with Crippen LogP contribution in [0.3, 0.4) is 0 Å². The lowest BCUT2D eigenvalue weighted by molar-refractivity contribution is -0.140. The van der Waals surface area contributed by atoms with Crippen molar-refractivity contribution in [3.63, 3.8) is 0 Å². The summed E-state index contributed by atoms with van der Waals surface area (Å²) in [5, 5.41) is 4.07. The van der Waals surface area contributed by atoms with E-state index < -0.39 is 11.3 Å². The maximum absolute atomic E-state index is 12.2. The van der Waals surface area contributed by atoms with Crippen LogP contribution >= 0.6 is 23.2 Å². The van der Waals surface area contributed by atoms with Crippen LogP contribution in [0.15, 0.2) is 48.5 Å². The Labute approximate surface area is 186 Å². The van der Waals surface area contributed by atoms with Gasteiger partial charge in [-0.25, -0.2) is 0 Å². The van der Waals surface area contributed by atoms with Gasteiger partial charge in [0.1, 0.15) is 6.10 Å². The number of carbonyl (C=O) groups excluding carboxylic acids is 2. The highest BCUT2D eigenvalue weighted by Gasteiger charge is 2.48. The Balaban J connectivity index is 1.36. The van der Waals surface area contributed by atoms with Crippen molar-refractivity contribution < 1.29 is 14.3 Å². The van der Waals surface area contributed by atoms with Crippen molar-refractivity contribution in [3.05, 3.63) is 69.7 Å². The number of amides is 1. The summed E-state index contributed by atoms with van der Waals surface area (Å²) in [5.41, 5.74) is 1.56. The van der Waals surface area contributed by atoms with Crippen molar-refractivity contribution >= 4 is 34.9 Å². The summed E-state index contributed by atoms with van der Waals surface area (Å²) in [7, 11) is 0. The predicted molar refractivity (Wildman–Crippen MR) is 117 cm³/mol. The maximum Gasteiger partial charge on any atom is 0.288 e. The Morgan fingerprint density at radius 2 is 1.47 bits per heavy atom. The lowest BCUT2D eigenvalue weighted by atomic mass is 9.77. The number of benzene rings is 2. The van der Waals surface area contributed by atoms with Crippen molar-refractivity contribution in [2.24, 2.45) is 5.41 Å². The molecule has 0 atom stereocenters. The number of rotatable bonds is 6. The standard InChI is InChI=1S/C23H24Cl2N2O3/c24-18-5-1-16(2-6-18)20(17-3-7-19(25)8-4-17)30-14-13-27-11-9-23(10-12-27)15-26-22(29)21(23)28/h1-8,20H,9-15H2,(H,26,29). The van der Waals surface area contributed by atoms with E-state index in [0.717, 1.165) is 30.8 Å². The minimum absolute atomic E-state index is 0.214. The Kier molecular flexibility index (Phi) is 6.44. The molecule has 2 aromatic rings. The lowest BCUT2D eigenvalue weighted by Gasteiger charge is -2.37. The third-order valence-corrected chi connectivity index (χ3v) is 6.63. The van der Waals surface area contributed by atoms with Gasteiger partial charge in [0.15, 0.2) is 0 Å². The molecule has 0 saturated carbocycles. The van der Waals surface area contributed by atoms with Gasteiger partial charge >= 0.3 is 0 Å². The number of hydrogen-bond acceptors (Lipinski definition) is 4. The first-order valence-electron chi connectivity index (χ1n) is 10.1. The summed E-state index contributed by atoms with van der Waals surface area (Å²) in [6, 6.07) is 15.3. The zero-order valence-corrected chi connectivity index (χ0v) is 18.1. The lowest BCUT2D eigenvalue weighted by Crippen LogP contribution is -2.45. The first-order valence-corrected chi connectivity index (χ1v) is 10.9. The van der Waals surface area contributed by atoms with Crippen molar-refractivity contribution in [1.29, 1.82) is 0 Å². The highest BCUT2D eigenvalue weighted by Crippen LogP contribution is 2.35. The third-order valence-electron chi connectivity index (χ3n) is 6.13. The monoisotopic (exact) mass is 446 g/mol. The number of nitrogens with one attached hydrogen (secondary N) is 1. The molecule has 1 N–H and O–H groups in total.